The van der Waals surface area contributed by atoms with E-state index < -0.39 is 0 Å². The Labute approximate surface area is 712 Å². The van der Waals surface area contributed by atoms with Gasteiger partial charge >= 0.3 is 0 Å². The first-order valence-electron chi connectivity index (χ1n) is 39.5. The predicted molar refractivity (Wildman–Crippen MR) is 494 cm³/mol. The van der Waals surface area contributed by atoms with Gasteiger partial charge in [-0.05, 0) is 198 Å². The average molecular weight is 1660 g/mol. The number of pyridine rings is 4. The number of aromatic amines is 3. The third-order valence-corrected chi connectivity index (χ3v) is 22.1. The number of hydrogen-bond acceptors (Lipinski definition) is 19. The molecule has 11 heterocycles. The van der Waals surface area contributed by atoms with Gasteiger partial charge in [0.25, 0.3) is 22.2 Å². The molecule has 28 heteroatoms. The molecule has 11 aromatic heterocycles. The van der Waals surface area contributed by atoms with E-state index in [9.17, 15) is 19.2 Å². The van der Waals surface area contributed by atoms with Crippen molar-refractivity contribution in [2.45, 2.75) is 113 Å². The second-order valence-corrected chi connectivity index (χ2v) is 30.5. The SMILES string of the molecule is C.C[C@H](Nc1ncnc2nc[nH]c12)c1cc2cccc(Cl)c2c(=O)n1C1CC1.Cc1ccc(-n2c([C@H](C)Nc3ncnc4nc[nH]c34)cc3cccc(C)c3c2=O)cc1.Cc1cccc(-n2c([C@H](C)Nc3ncnc4nc[nH]c34)cc3cccc(C)c3c2=O)c1.Cc1cccc2cc([C@H](C)Nc3ncnc4ccccc34)n(-c3ccccc3)c(=O)c12.S. The molecular weight excluding hydrogens is 1570 g/mol. The Bertz CT molecular complexity index is 7380. The van der Waals surface area contributed by atoms with E-state index in [2.05, 4.69) is 109 Å². The molecular formula is C94H89ClN22O4S. The van der Waals surface area contributed by atoms with Crippen LogP contribution in [0.4, 0.5) is 23.3 Å². The summed E-state index contributed by atoms with van der Waals surface area (Å²) in [6.45, 7) is 18.1. The van der Waals surface area contributed by atoms with Crippen LogP contribution in [0.5, 0.6) is 0 Å². The van der Waals surface area contributed by atoms with Crippen molar-refractivity contribution in [1.29, 1.82) is 0 Å². The highest BCUT2D eigenvalue weighted by atomic mass is 35.5. The number of rotatable bonds is 16. The summed E-state index contributed by atoms with van der Waals surface area (Å²) in [5.74, 6) is 2.69. The second-order valence-electron chi connectivity index (χ2n) is 30.1. The van der Waals surface area contributed by atoms with Crippen LogP contribution in [-0.4, -0.2) is 88.0 Å². The summed E-state index contributed by atoms with van der Waals surface area (Å²) >= 11 is 6.32. The summed E-state index contributed by atoms with van der Waals surface area (Å²) in [4.78, 5) is 110. The van der Waals surface area contributed by atoms with Crippen LogP contribution in [0, 0.1) is 34.6 Å². The van der Waals surface area contributed by atoms with Crippen molar-refractivity contribution < 1.29 is 0 Å². The maximum absolute atomic E-state index is 13.7. The second kappa shape index (κ2) is 35.2. The van der Waals surface area contributed by atoms with E-state index in [4.69, 9.17) is 11.6 Å². The lowest BCUT2D eigenvalue weighted by Crippen LogP contribution is -2.26. The Kier molecular flexibility index (Phi) is 23.8. The number of imidazole rings is 3. The average Bonchev–Trinajstić information content (AvgIpc) is 1.58. The molecule has 0 unspecified atom stereocenters. The topological polar surface area (TPSA) is 325 Å². The molecule has 1 fully saturated rings. The third-order valence-electron chi connectivity index (χ3n) is 21.8. The molecule has 0 saturated heterocycles. The monoisotopic (exact) mass is 1660 g/mol. The van der Waals surface area contributed by atoms with Crippen molar-refractivity contribution >= 4 is 136 Å². The molecule has 26 nitrogen and oxygen atoms in total. The third kappa shape index (κ3) is 16.3. The highest BCUT2D eigenvalue weighted by molar-refractivity contribution is 7.59. The van der Waals surface area contributed by atoms with Crippen molar-refractivity contribution in [3.05, 3.63) is 342 Å². The molecule has 7 N–H and O–H groups in total. The van der Waals surface area contributed by atoms with Crippen LogP contribution in [0.3, 0.4) is 0 Å². The predicted octanol–water partition coefficient (Wildman–Crippen LogP) is 18.9. The molecule has 19 aromatic rings. The van der Waals surface area contributed by atoms with Gasteiger partial charge in [0.15, 0.2) is 34.4 Å². The number of nitrogens with zero attached hydrogens (tertiary/aromatic N) is 15. The fraction of sp³-hybridized carbons (Fsp3) is 0.181. The Morgan fingerprint density at radius 1 is 0.361 bits per heavy atom. The van der Waals surface area contributed by atoms with Crippen LogP contribution in [0.25, 0.3) is 105 Å². The molecule has 0 amide bonds. The van der Waals surface area contributed by atoms with Gasteiger partial charge in [-0.15, -0.1) is 0 Å². The van der Waals surface area contributed by atoms with Crippen LogP contribution in [0.2, 0.25) is 5.02 Å². The Balaban J connectivity index is 0.000000126. The van der Waals surface area contributed by atoms with Crippen LogP contribution in [0.1, 0.15) is 129 Å². The van der Waals surface area contributed by atoms with Crippen molar-refractivity contribution in [2.75, 3.05) is 21.3 Å². The summed E-state index contributed by atoms with van der Waals surface area (Å²) in [7, 11) is 0. The fourth-order valence-electron chi connectivity index (χ4n) is 15.7. The lowest BCUT2D eigenvalue weighted by atomic mass is 10.0. The summed E-state index contributed by atoms with van der Waals surface area (Å²) in [6, 6.07) is 64.9. The van der Waals surface area contributed by atoms with E-state index in [1.807, 2.05) is 243 Å². The molecule has 1 aliphatic rings. The molecule has 0 radical (unpaired) electrons. The minimum Gasteiger partial charge on any atom is -0.361 e. The first-order chi connectivity index (χ1) is 58.3. The number of para-hydroxylation sites is 2. The molecule has 612 valence electrons. The molecule has 122 heavy (non-hydrogen) atoms. The number of hydrogen-bond donors (Lipinski definition) is 7. The van der Waals surface area contributed by atoms with Gasteiger partial charge in [0.2, 0.25) is 0 Å². The molecule has 0 aliphatic heterocycles. The number of anilines is 4. The van der Waals surface area contributed by atoms with Gasteiger partial charge in [-0.3, -0.25) is 32.9 Å². The smallest absolute Gasteiger partial charge is 0.263 e. The number of fused-ring (bicyclic) bond motifs is 8. The Hall–Kier alpha value is -14.6. The van der Waals surface area contributed by atoms with Crippen molar-refractivity contribution in [3.8, 4) is 17.1 Å². The number of H-pyrrole nitrogens is 3. The lowest BCUT2D eigenvalue weighted by Gasteiger charge is -2.22. The zero-order valence-corrected chi connectivity index (χ0v) is 69.4. The normalized spacial score (nSPS) is 12.8. The molecule has 1 aliphatic carbocycles. The summed E-state index contributed by atoms with van der Waals surface area (Å²) in [5, 5.41) is 21.6. The Morgan fingerprint density at radius 2 is 0.738 bits per heavy atom. The van der Waals surface area contributed by atoms with Crippen molar-refractivity contribution in [2.24, 2.45) is 0 Å². The first-order valence-corrected chi connectivity index (χ1v) is 39.9. The summed E-state index contributed by atoms with van der Waals surface area (Å²) in [6.07, 6.45) is 12.8. The summed E-state index contributed by atoms with van der Waals surface area (Å²) < 4.78 is 7.27. The van der Waals surface area contributed by atoms with Gasteiger partial charge < -0.3 is 40.8 Å². The van der Waals surface area contributed by atoms with Crippen LogP contribution in [-0.2, 0) is 0 Å². The number of halogens is 1. The van der Waals surface area contributed by atoms with Crippen LogP contribution < -0.4 is 43.5 Å². The highest BCUT2D eigenvalue weighted by Gasteiger charge is 2.31. The maximum Gasteiger partial charge on any atom is 0.263 e. The quantitative estimate of drug-likeness (QED) is 0.0472. The van der Waals surface area contributed by atoms with Gasteiger partial charge in [0.1, 0.15) is 47.7 Å². The van der Waals surface area contributed by atoms with E-state index in [1.165, 1.54) is 19.0 Å². The van der Waals surface area contributed by atoms with Gasteiger partial charge in [-0.2, -0.15) is 13.5 Å². The van der Waals surface area contributed by atoms with Crippen molar-refractivity contribution in [3.63, 3.8) is 0 Å². The molecule has 0 spiro atoms. The molecule has 0 bridgehead atoms. The van der Waals surface area contributed by atoms with E-state index in [-0.39, 0.29) is 73.4 Å². The summed E-state index contributed by atoms with van der Waals surface area (Å²) in [5.41, 5.74) is 15.9. The van der Waals surface area contributed by atoms with Crippen molar-refractivity contribution in [1.82, 2.24) is 88.0 Å². The van der Waals surface area contributed by atoms with E-state index in [0.717, 1.165) is 151 Å². The minimum absolute atomic E-state index is 0. The molecule has 1 saturated carbocycles. The number of aromatic nitrogens is 18. The van der Waals surface area contributed by atoms with Gasteiger partial charge in [-0.25, -0.2) is 54.8 Å². The zero-order valence-electron chi connectivity index (χ0n) is 67.6. The van der Waals surface area contributed by atoms with E-state index >= 15 is 0 Å². The molecule has 8 aromatic carbocycles. The Morgan fingerprint density at radius 3 is 1.20 bits per heavy atom. The minimum atomic E-state index is -0.209. The fourth-order valence-corrected chi connectivity index (χ4v) is 16.0. The van der Waals surface area contributed by atoms with Gasteiger partial charge in [-0.1, -0.05) is 146 Å². The van der Waals surface area contributed by atoms with E-state index in [1.54, 1.807) is 45.1 Å². The maximum atomic E-state index is 13.7. The standard InChI is InChI=1S/C26H22N4O.2C24H22N6O.C19H17ClN6O.CH4.H2S/c1-17-9-8-10-19-15-23(30(26(31)24(17)19)20-11-4-3-5-12-20)18(2)29-25-21-13-6-7-14-22(21)27-16-28-25;1-14-6-4-9-18(10-14)30-19(11-17-8-5-7-15(2)20(17)24(30)31)16(3)29-23-21-22(26-12-25-21)27-13-28-23;1-14-7-9-18(10-8-14)30-19(11-17-6-4-5-15(2)20(17)24(30)31)16(3)29-23-21-22(26-12-25-21)27-13-28-23;1-10(25-18-16-17(22-8-21-16)23-9-24-18)14-7-11-3-2-4-13(20)15(11)19(27)26(14)12-5-6-12;;/h3-16,18H,1-2H3,(H,27,28,29);2*4-13,16H,1-3H3,(H2,25,26,27,28,29);2-4,7-10,12H,5-6H2,1H3,(H2,21,22,23,24,25);1H4;1H2/t18-;2*16-;10-;;/m0000../s1. The van der Waals surface area contributed by atoms with Crippen LogP contribution in [0.15, 0.2) is 264 Å². The lowest BCUT2D eigenvalue weighted by molar-refractivity contribution is 0.636. The number of benzene rings is 8. The van der Waals surface area contributed by atoms with Crippen LogP contribution >= 0.6 is 25.1 Å². The molecule has 4 atom stereocenters. The number of nitrogens with one attached hydrogen (secondary N) is 7. The zero-order chi connectivity index (χ0) is 83.0. The first kappa shape index (κ1) is 82.5. The van der Waals surface area contributed by atoms with E-state index in [0.29, 0.717) is 44.8 Å². The largest absolute Gasteiger partial charge is 0.361 e. The molecule has 20 rings (SSSR count). The highest BCUT2D eigenvalue weighted by Crippen LogP contribution is 2.39. The van der Waals surface area contributed by atoms with Gasteiger partial charge in [0.05, 0.1) is 75.2 Å². The number of aryl methyl sites for hydroxylation is 5. The van der Waals surface area contributed by atoms with Gasteiger partial charge in [0, 0.05) is 51.3 Å².